The molecule has 2 atom stereocenters. The van der Waals surface area contributed by atoms with E-state index in [0.717, 1.165) is 22.8 Å². The minimum absolute atomic E-state index is 0.0744. The molecule has 2 aromatic rings. The molecule has 0 spiro atoms. The molecular weight excluding hydrogens is 629 g/mol. The molecule has 0 N–H and O–H groups in total. The van der Waals surface area contributed by atoms with Crippen molar-refractivity contribution in [3.05, 3.63) is 59.1 Å². The van der Waals surface area contributed by atoms with Crippen LogP contribution >= 0.6 is 0 Å². The summed E-state index contributed by atoms with van der Waals surface area (Å²) in [7, 11) is -0.229. The van der Waals surface area contributed by atoms with Crippen LogP contribution in [0.15, 0.2) is 42.1 Å². The number of amides is 1. The highest BCUT2D eigenvalue weighted by Crippen LogP contribution is 2.47. The molecule has 14 heteroatoms. The third kappa shape index (κ3) is 8.32. The maximum Gasteiger partial charge on any atom is 0.525 e. The van der Waals surface area contributed by atoms with E-state index in [1.807, 2.05) is 0 Å². The number of nitrogens with zero attached hydrogens (tertiary/aromatic N) is 2. The molecule has 1 amide bonds. The monoisotopic (exact) mass is 669 g/mol. The third-order valence-corrected chi connectivity index (χ3v) is 8.29. The van der Waals surface area contributed by atoms with Gasteiger partial charge >= 0.3 is 19.4 Å². The molecule has 0 bridgehead atoms. The molecule has 4 rings (SSSR count). The Balaban J connectivity index is 1.79. The summed E-state index contributed by atoms with van der Waals surface area (Å²) in [5.41, 5.74) is -5.79. The summed E-state index contributed by atoms with van der Waals surface area (Å²) in [6.07, 6.45) is -5.23. The van der Waals surface area contributed by atoms with Crippen molar-refractivity contribution in [1.82, 2.24) is 4.90 Å². The van der Waals surface area contributed by atoms with E-state index in [0.29, 0.717) is 0 Å². The van der Waals surface area contributed by atoms with Gasteiger partial charge in [-0.15, -0.1) is 0 Å². The first-order chi connectivity index (χ1) is 21.6. The molecule has 256 valence electrons. The van der Waals surface area contributed by atoms with E-state index in [1.54, 1.807) is 48.5 Å². The number of ether oxygens (including phenoxy) is 2. The van der Waals surface area contributed by atoms with Crippen LogP contribution in [0.3, 0.4) is 0 Å². The molecule has 2 saturated heterocycles. The smallest absolute Gasteiger partial charge is 0.453 e. The number of rotatable bonds is 6. The molecule has 2 heterocycles. The molecule has 1 unspecified atom stereocenters. The summed E-state index contributed by atoms with van der Waals surface area (Å²) in [6.45, 7) is 11.6. The van der Waals surface area contributed by atoms with Crippen LogP contribution in [0.2, 0.25) is 0 Å². The molecule has 0 saturated carbocycles. The van der Waals surface area contributed by atoms with Crippen molar-refractivity contribution in [2.45, 2.75) is 84.0 Å². The van der Waals surface area contributed by atoms with Crippen LogP contribution in [0.1, 0.15) is 66.0 Å². The molecule has 2 fully saturated rings. The Bertz CT molecular complexity index is 1540. The van der Waals surface area contributed by atoms with Crippen molar-refractivity contribution in [1.29, 1.82) is 0 Å². The second kappa shape index (κ2) is 13.2. The fraction of sp³-hybridized carbons (Fsp3) is 0.515. The highest BCUT2D eigenvalue weighted by molar-refractivity contribution is 6.54. The Kier molecular flexibility index (Phi) is 10.2. The number of hydrogen-bond acceptors (Lipinski definition) is 5. The Morgan fingerprint density at radius 2 is 1.66 bits per heavy atom. The van der Waals surface area contributed by atoms with Crippen molar-refractivity contribution < 1.29 is 54.5 Å². The van der Waals surface area contributed by atoms with Gasteiger partial charge in [-0.05, 0) is 85.2 Å². The van der Waals surface area contributed by atoms with Crippen LogP contribution in [0, 0.1) is 11.7 Å². The summed E-state index contributed by atoms with van der Waals surface area (Å²) in [5.74, 6) is -3.02. The van der Waals surface area contributed by atoms with Gasteiger partial charge in [-0.1, -0.05) is 12.1 Å². The predicted octanol–water partition coefficient (Wildman–Crippen LogP) is 8.52. The van der Waals surface area contributed by atoms with E-state index in [1.165, 1.54) is 42.4 Å². The Morgan fingerprint density at radius 3 is 2.21 bits per heavy atom. The number of carbonyl (C=O) groups is 1. The SMILES string of the molecule is C/[N+](=C\C1CCN(C(=O)OC(C)(C)C)C[C@H]1F)c1c(/C=C(\F)B2OC(C)(C)C(C)(C)O2)ccc(Oc2ccccc2F)c1C(F)(F)F. The summed E-state index contributed by atoms with van der Waals surface area (Å²) in [5, 5.41) is 0. The lowest BCUT2D eigenvalue weighted by Crippen LogP contribution is -2.47. The first kappa shape index (κ1) is 36.3. The average molecular weight is 669 g/mol. The quantitative estimate of drug-likeness (QED) is 0.134. The summed E-state index contributed by atoms with van der Waals surface area (Å²) in [4.78, 5) is 13.7. The van der Waals surface area contributed by atoms with E-state index < -0.39 is 82.6 Å². The molecule has 0 radical (unpaired) electrons. The van der Waals surface area contributed by atoms with Crippen LogP contribution in [-0.2, 0) is 20.2 Å². The Morgan fingerprint density at radius 1 is 1.04 bits per heavy atom. The molecule has 47 heavy (non-hydrogen) atoms. The zero-order valence-corrected chi connectivity index (χ0v) is 27.7. The van der Waals surface area contributed by atoms with Crippen LogP contribution in [-0.4, -0.2) is 72.0 Å². The van der Waals surface area contributed by atoms with Crippen LogP contribution in [0.4, 0.5) is 36.8 Å². The minimum Gasteiger partial charge on any atom is -0.453 e. The van der Waals surface area contributed by atoms with E-state index in [4.69, 9.17) is 18.8 Å². The van der Waals surface area contributed by atoms with Gasteiger partial charge in [-0.2, -0.15) is 13.2 Å². The molecule has 7 nitrogen and oxygen atoms in total. The Labute approximate surface area is 271 Å². The van der Waals surface area contributed by atoms with Crippen LogP contribution in [0.5, 0.6) is 11.5 Å². The topological polar surface area (TPSA) is 60.2 Å². The second-order valence-electron chi connectivity index (χ2n) is 13.7. The van der Waals surface area contributed by atoms with Crippen molar-refractivity contribution in [3.63, 3.8) is 0 Å². The Hall–Kier alpha value is -3.52. The van der Waals surface area contributed by atoms with E-state index >= 15 is 8.78 Å². The van der Waals surface area contributed by atoms with Crippen molar-refractivity contribution in [3.8, 4) is 11.5 Å². The van der Waals surface area contributed by atoms with Crippen molar-refractivity contribution in [2.75, 3.05) is 20.1 Å². The molecule has 2 aromatic carbocycles. The van der Waals surface area contributed by atoms with Gasteiger partial charge in [-0.3, -0.25) is 0 Å². The predicted molar refractivity (Wildman–Crippen MR) is 166 cm³/mol. The number of halogens is 6. The summed E-state index contributed by atoms with van der Waals surface area (Å²) >= 11 is 0. The lowest BCUT2D eigenvalue weighted by atomic mass is 9.86. The summed E-state index contributed by atoms with van der Waals surface area (Å²) in [6, 6.07) is 7.11. The van der Waals surface area contributed by atoms with Gasteiger partial charge in [0.05, 0.1) is 23.7 Å². The lowest BCUT2D eigenvalue weighted by Gasteiger charge is -2.33. The zero-order chi connectivity index (χ0) is 35.1. The van der Waals surface area contributed by atoms with Gasteiger partial charge in [-0.25, -0.2) is 22.5 Å². The normalized spacial score (nSPS) is 22.0. The average Bonchev–Trinajstić information content (AvgIpc) is 3.16. The molecule has 2 aliphatic rings. The standard InChI is InChI=1S/C33H40BF6N2O5/c1-30(2,3)45-29(43)42-16-15-21(23(36)19-42)18-41(8)28-20(17-26(37)34-46-31(4,5)32(6,7)47-34)13-14-25(27(28)33(38,39)40)44-24-12-10-9-11-22(24)35/h9-14,17-18,21,23H,15-16,19H2,1-8H3/q+1/b26-17-,41-18+/t21?,23-/m1/s1. The maximum atomic E-state index is 15.7. The van der Waals surface area contributed by atoms with Gasteiger partial charge in [0.1, 0.15) is 30.3 Å². The fourth-order valence-electron chi connectivity index (χ4n) is 5.21. The van der Waals surface area contributed by atoms with Gasteiger partial charge in [0.25, 0.3) is 0 Å². The molecule has 2 aliphatic heterocycles. The number of hydrogen-bond donors (Lipinski definition) is 0. The molecular formula is C33H40BF6N2O5+. The van der Waals surface area contributed by atoms with Gasteiger partial charge in [0.15, 0.2) is 23.3 Å². The number of alkyl halides is 4. The van der Waals surface area contributed by atoms with Gasteiger partial charge < -0.3 is 23.7 Å². The van der Waals surface area contributed by atoms with Crippen molar-refractivity contribution >= 4 is 31.2 Å². The number of benzene rings is 2. The molecule has 0 aromatic heterocycles. The van der Waals surface area contributed by atoms with Gasteiger partial charge in [0.2, 0.25) is 5.69 Å². The van der Waals surface area contributed by atoms with E-state index in [9.17, 15) is 22.4 Å². The number of para-hydroxylation sites is 1. The third-order valence-electron chi connectivity index (χ3n) is 8.29. The van der Waals surface area contributed by atoms with Crippen molar-refractivity contribution in [2.24, 2.45) is 5.92 Å². The van der Waals surface area contributed by atoms with Gasteiger partial charge in [0, 0.05) is 12.1 Å². The minimum atomic E-state index is -5.09. The highest BCUT2D eigenvalue weighted by Gasteiger charge is 2.53. The van der Waals surface area contributed by atoms with E-state index in [2.05, 4.69) is 0 Å². The first-order valence-electron chi connectivity index (χ1n) is 15.2. The molecule has 0 aliphatic carbocycles. The van der Waals surface area contributed by atoms with E-state index in [-0.39, 0.29) is 25.1 Å². The number of likely N-dealkylation sites (tertiary alicyclic amines) is 1. The zero-order valence-electron chi connectivity index (χ0n) is 27.7. The first-order valence-corrected chi connectivity index (χ1v) is 15.2. The van der Waals surface area contributed by atoms with Crippen LogP contribution < -0.4 is 4.74 Å². The lowest BCUT2D eigenvalue weighted by molar-refractivity contribution is -0.406. The number of piperidine rings is 1. The fourth-order valence-corrected chi connectivity index (χ4v) is 5.21. The van der Waals surface area contributed by atoms with Crippen LogP contribution in [0.25, 0.3) is 6.08 Å². The highest BCUT2D eigenvalue weighted by atomic mass is 19.4. The number of carbonyl (C=O) groups excluding carboxylic acids is 1. The second-order valence-corrected chi connectivity index (χ2v) is 13.7. The maximum absolute atomic E-state index is 15.7. The largest absolute Gasteiger partial charge is 0.525 e. The summed E-state index contributed by atoms with van der Waals surface area (Å²) < 4.78 is 114.